The van der Waals surface area contributed by atoms with Crippen LogP contribution in [0.25, 0.3) is 0 Å². The second-order valence-corrected chi connectivity index (χ2v) is 8.48. The highest BCUT2D eigenvalue weighted by atomic mass is 32.2. The van der Waals surface area contributed by atoms with Gasteiger partial charge < -0.3 is 9.47 Å². The second-order valence-electron chi connectivity index (χ2n) is 6.72. The highest BCUT2D eigenvalue weighted by Gasteiger charge is 2.29. The molecule has 1 amide bonds. The summed E-state index contributed by atoms with van der Waals surface area (Å²) in [7, 11) is -3.80. The van der Waals surface area contributed by atoms with Crippen molar-refractivity contribution >= 4 is 15.9 Å². The van der Waals surface area contributed by atoms with Crippen LogP contribution in [-0.4, -0.2) is 69.9 Å². The highest BCUT2D eigenvalue weighted by Crippen LogP contribution is 2.29. The number of carbonyl (C=O) groups is 1. The first-order valence-electron chi connectivity index (χ1n) is 8.98. The lowest BCUT2D eigenvalue weighted by Crippen LogP contribution is -2.55. The van der Waals surface area contributed by atoms with Gasteiger partial charge in [0.2, 0.25) is 10.0 Å². The maximum Gasteiger partial charge on any atom is 0.262 e. The molecule has 1 heterocycles. The van der Waals surface area contributed by atoms with Crippen LogP contribution < -0.4 is 14.9 Å². The standard InChI is InChI=1S/C17H25N3O6S/c21-17(19-22)16(20-7-9-25-10-8-20)11-18-27(23,24)15-5-3-14(4-6-15)26-12-13-1-2-13/h3-6,13,16,18,22H,1-2,7-12H2,(H,19,21). The third kappa shape index (κ3) is 5.63. The molecule has 1 atom stereocenters. The van der Waals surface area contributed by atoms with Gasteiger partial charge in [0.25, 0.3) is 5.91 Å². The molecule has 10 heteroatoms. The molecule has 1 aliphatic carbocycles. The fourth-order valence-corrected chi connectivity index (χ4v) is 3.88. The summed E-state index contributed by atoms with van der Waals surface area (Å²) in [6.07, 6.45) is 2.37. The zero-order valence-corrected chi connectivity index (χ0v) is 15.8. The van der Waals surface area contributed by atoms with Crippen molar-refractivity contribution in [2.24, 2.45) is 5.92 Å². The Balaban J connectivity index is 1.60. The number of nitrogens with zero attached hydrogens (tertiary/aromatic N) is 1. The monoisotopic (exact) mass is 399 g/mol. The van der Waals surface area contributed by atoms with Crippen LogP contribution in [0, 0.1) is 5.92 Å². The quantitative estimate of drug-likeness (QED) is 0.394. The van der Waals surface area contributed by atoms with Gasteiger partial charge in [0.15, 0.2) is 0 Å². The fraction of sp³-hybridized carbons (Fsp3) is 0.588. The first kappa shape index (κ1) is 20.0. The number of ether oxygens (including phenoxy) is 2. The van der Waals surface area contributed by atoms with Crippen LogP contribution in [0.5, 0.6) is 5.75 Å². The second kappa shape index (κ2) is 8.98. The Morgan fingerprint density at radius 2 is 1.93 bits per heavy atom. The molecule has 0 aromatic heterocycles. The van der Waals surface area contributed by atoms with E-state index >= 15 is 0 Å². The van der Waals surface area contributed by atoms with Gasteiger partial charge in [-0.05, 0) is 43.0 Å². The number of hydrogen-bond acceptors (Lipinski definition) is 7. The molecule has 0 radical (unpaired) electrons. The van der Waals surface area contributed by atoms with Crippen molar-refractivity contribution < 1.29 is 27.9 Å². The third-order valence-corrected chi connectivity index (χ3v) is 6.12. The van der Waals surface area contributed by atoms with Crippen LogP contribution in [0.3, 0.4) is 0 Å². The molecule has 3 rings (SSSR count). The lowest BCUT2D eigenvalue weighted by Gasteiger charge is -2.32. The number of rotatable bonds is 9. The van der Waals surface area contributed by atoms with E-state index in [4.69, 9.17) is 14.7 Å². The first-order valence-corrected chi connectivity index (χ1v) is 10.5. The summed E-state index contributed by atoms with van der Waals surface area (Å²) in [4.78, 5) is 13.8. The SMILES string of the molecule is O=C(NO)C(CNS(=O)(=O)c1ccc(OCC2CC2)cc1)N1CCOCC1. The van der Waals surface area contributed by atoms with Gasteiger partial charge in [-0.3, -0.25) is 14.9 Å². The van der Waals surface area contributed by atoms with Crippen molar-refractivity contribution in [3.05, 3.63) is 24.3 Å². The molecule has 1 unspecified atom stereocenters. The van der Waals surface area contributed by atoms with Crippen molar-refractivity contribution in [1.29, 1.82) is 0 Å². The molecule has 1 saturated carbocycles. The summed E-state index contributed by atoms with van der Waals surface area (Å²) in [6, 6.07) is 5.36. The fourth-order valence-electron chi connectivity index (χ4n) is 2.84. The molecule has 1 aliphatic heterocycles. The zero-order chi connectivity index (χ0) is 19.3. The average Bonchev–Trinajstić information content (AvgIpc) is 3.52. The predicted octanol–water partition coefficient (Wildman–Crippen LogP) is -0.0401. The summed E-state index contributed by atoms with van der Waals surface area (Å²) < 4.78 is 38.3. The van der Waals surface area contributed by atoms with E-state index < -0.39 is 22.0 Å². The van der Waals surface area contributed by atoms with Gasteiger partial charge in [0.1, 0.15) is 11.8 Å². The highest BCUT2D eigenvalue weighted by molar-refractivity contribution is 7.89. The number of amides is 1. The molecule has 2 fully saturated rings. The molecule has 27 heavy (non-hydrogen) atoms. The Morgan fingerprint density at radius 1 is 1.26 bits per heavy atom. The molecule has 1 saturated heterocycles. The minimum Gasteiger partial charge on any atom is -0.493 e. The van der Waals surface area contributed by atoms with Crippen molar-refractivity contribution in [2.45, 2.75) is 23.8 Å². The van der Waals surface area contributed by atoms with Crippen LogP contribution in [0.2, 0.25) is 0 Å². The van der Waals surface area contributed by atoms with Gasteiger partial charge in [-0.15, -0.1) is 0 Å². The summed E-state index contributed by atoms with van der Waals surface area (Å²) in [5, 5.41) is 8.96. The number of morpholine rings is 1. The number of benzene rings is 1. The molecular weight excluding hydrogens is 374 g/mol. The molecule has 3 N–H and O–H groups in total. The topological polar surface area (TPSA) is 117 Å². The number of hydrogen-bond donors (Lipinski definition) is 3. The van der Waals surface area contributed by atoms with Crippen molar-refractivity contribution in [2.75, 3.05) is 39.5 Å². The lowest BCUT2D eigenvalue weighted by atomic mass is 10.2. The van der Waals surface area contributed by atoms with Gasteiger partial charge in [-0.25, -0.2) is 18.6 Å². The van der Waals surface area contributed by atoms with Gasteiger partial charge in [-0.2, -0.15) is 0 Å². The lowest BCUT2D eigenvalue weighted by molar-refractivity contribution is -0.136. The van der Waals surface area contributed by atoms with E-state index in [0.29, 0.717) is 44.6 Å². The average molecular weight is 399 g/mol. The first-order chi connectivity index (χ1) is 13.0. The Kier molecular flexibility index (Phi) is 6.66. The predicted molar refractivity (Wildman–Crippen MR) is 96.0 cm³/mol. The molecule has 1 aromatic rings. The van der Waals surface area contributed by atoms with E-state index in [1.54, 1.807) is 22.5 Å². The van der Waals surface area contributed by atoms with Crippen molar-refractivity contribution in [3.63, 3.8) is 0 Å². The van der Waals surface area contributed by atoms with E-state index in [2.05, 4.69) is 4.72 Å². The van der Waals surface area contributed by atoms with Crippen molar-refractivity contribution in [1.82, 2.24) is 15.1 Å². The largest absolute Gasteiger partial charge is 0.493 e. The van der Waals surface area contributed by atoms with E-state index in [0.717, 1.165) is 0 Å². The zero-order valence-electron chi connectivity index (χ0n) is 15.0. The molecule has 0 bridgehead atoms. The number of hydroxylamine groups is 1. The Morgan fingerprint density at radius 3 is 2.52 bits per heavy atom. The van der Waals surface area contributed by atoms with E-state index in [-0.39, 0.29) is 11.4 Å². The summed E-state index contributed by atoms with van der Waals surface area (Å²) in [5.74, 6) is 0.583. The van der Waals surface area contributed by atoms with Crippen LogP contribution in [-0.2, 0) is 19.6 Å². The molecule has 9 nitrogen and oxygen atoms in total. The molecule has 2 aliphatic rings. The van der Waals surface area contributed by atoms with Gasteiger partial charge in [0.05, 0.1) is 24.7 Å². The van der Waals surface area contributed by atoms with E-state index in [1.165, 1.54) is 25.0 Å². The number of carbonyl (C=O) groups excluding carboxylic acids is 1. The molecular formula is C17H25N3O6S. The van der Waals surface area contributed by atoms with Crippen LogP contribution >= 0.6 is 0 Å². The van der Waals surface area contributed by atoms with Crippen LogP contribution in [0.15, 0.2) is 29.2 Å². The van der Waals surface area contributed by atoms with E-state index in [1.807, 2.05) is 0 Å². The van der Waals surface area contributed by atoms with Crippen LogP contribution in [0.4, 0.5) is 0 Å². The number of nitrogens with one attached hydrogen (secondary N) is 2. The Labute approximate surface area is 158 Å². The summed E-state index contributed by atoms with van der Waals surface area (Å²) >= 11 is 0. The van der Waals surface area contributed by atoms with E-state index in [9.17, 15) is 13.2 Å². The molecule has 0 spiro atoms. The number of sulfonamides is 1. The minimum atomic E-state index is -3.80. The van der Waals surface area contributed by atoms with Crippen molar-refractivity contribution in [3.8, 4) is 5.75 Å². The normalized spacial score (nSPS) is 19.4. The summed E-state index contributed by atoms with van der Waals surface area (Å²) in [5.41, 5.74) is 1.60. The Bertz CT molecular complexity index is 730. The maximum atomic E-state index is 12.5. The van der Waals surface area contributed by atoms with Gasteiger partial charge in [-0.1, -0.05) is 0 Å². The smallest absolute Gasteiger partial charge is 0.262 e. The minimum absolute atomic E-state index is 0.0893. The maximum absolute atomic E-state index is 12.5. The summed E-state index contributed by atoms with van der Waals surface area (Å²) in [6.45, 7) is 2.35. The molecule has 150 valence electrons. The van der Waals surface area contributed by atoms with Gasteiger partial charge in [0, 0.05) is 19.6 Å². The third-order valence-electron chi connectivity index (χ3n) is 4.68. The Hall–Kier alpha value is -1.72. The van der Waals surface area contributed by atoms with Gasteiger partial charge >= 0.3 is 0 Å². The van der Waals surface area contributed by atoms with Crippen LogP contribution in [0.1, 0.15) is 12.8 Å². The molecule has 1 aromatic carbocycles.